The van der Waals surface area contributed by atoms with Crippen LogP contribution in [0.15, 0.2) is 35.1 Å². The van der Waals surface area contributed by atoms with Crippen LogP contribution in [0.25, 0.3) is 11.3 Å². The van der Waals surface area contributed by atoms with E-state index in [2.05, 4.69) is 10.2 Å². The predicted octanol–water partition coefficient (Wildman–Crippen LogP) is 0.938. The minimum absolute atomic E-state index is 0.279. The van der Waals surface area contributed by atoms with Crippen molar-refractivity contribution >= 4 is 0 Å². The van der Waals surface area contributed by atoms with Crippen LogP contribution in [0.5, 0.6) is 5.75 Å². The van der Waals surface area contributed by atoms with Crippen LogP contribution < -0.4 is 10.3 Å². The van der Waals surface area contributed by atoms with Gasteiger partial charge in [-0.3, -0.25) is 4.79 Å². The third-order valence-electron chi connectivity index (χ3n) is 2.43. The molecule has 0 radical (unpaired) electrons. The summed E-state index contributed by atoms with van der Waals surface area (Å²) in [7, 11) is 1.57. The van der Waals surface area contributed by atoms with Gasteiger partial charge in [-0.2, -0.15) is 5.10 Å². The lowest BCUT2D eigenvalue weighted by Gasteiger charge is -2.07. The summed E-state index contributed by atoms with van der Waals surface area (Å²) in [5, 5.41) is 15.3. The summed E-state index contributed by atoms with van der Waals surface area (Å²) >= 11 is 0. The second-order valence-corrected chi connectivity index (χ2v) is 3.47. The largest absolute Gasteiger partial charge is 0.496 e. The molecule has 0 aliphatic carbocycles. The van der Waals surface area contributed by atoms with Crippen molar-refractivity contribution in [2.24, 2.45) is 0 Å². The molecule has 5 heteroatoms. The highest BCUT2D eigenvalue weighted by Gasteiger charge is 2.08. The number of nitrogens with zero attached hydrogens (tertiary/aromatic N) is 1. The van der Waals surface area contributed by atoms with Gasteiger partial charge in [0.1, 0.15) is 5.75 Å². The van der Waals surface area contributed by atoms with Crippen molar-refractivity contribution in [2.45, 2.75) is 6.61 Å². The number of aromatic amines is 1. The summed E-state index contributed by atoms with van der Waals surface area (Å²) in [6.07, 6.45) is 0. The SMILES string of the molecule is COc1ccccc1-c1cc(CO)c(=O)[nH]n1. The number of aromatic nitrogens is 2. The molecule has 17 heavy (non-hydrogen) atoms. The van der Waals surface area contributed by atoms with E-state index in [-0.39, 0.29) is 17.7 Å². The fourth-order valence-electron chi connectivity index (χ4n) is 1.56. The van der Waals surface area contributed by atoms with E-state index in [1.807, 2.05) is 18.2 Å². The first-order valence-corrected chi connectivity index (χ1v) is 5.09. The Kier molecular flexibility index (Phi) is 3.20. The Morgan fingerprint density at radius 2 is 2.18 bits per heavy atom. The van der Waals surface area contributed by atoms with Gasteiger partial charge in [-0.1, -0.05) is 12.1 Å². The number of methoxy groups -OCH3 is 1. The van der Waals surface area contributed by atoms with Gasteiger partial charge in [-0.05, 0) is 18.2 Å². The van der Waals surface area contributed by atoms with Gasteiger partial charge in [0.15, 0.2) is 0 Å². The molecule has 0 aliphatic heterocycles. The molecule has 0 fully saturated rings. The lowest BCUT2D eigenvalue weighted by molar-refractivity contribution is 0.280. The molecule has 0 atom stereocenters. The number of rotatable bonds is 3. The molecule has 88 valence electrons. The summed E-state index contributed by atoms with van der Waals surface area (Å²) in [4.78, 5) is 11.3. The van der Waals surface area contributed by atoms with Gasteiger partial charge < -0.3 is 9.84 Å². The van der Waals surface area contributed by atoms with Crippen LogP contribution in [0.4, 0.5) is 0 Å². The van der Waals surface area contributed by atoms with Crippen LogP contribution >= 0.6 is 0 Å². The van der Waals surface area contributed by atoms with Crippen molar-refractivity contribution in [1.29, 1.82) is 0 Å². The molecule has 1 heterocycles. The molecule has 2 aromatic rings. The number of aliphatic hydroxyl groups is 1. The van der Waals surface area contributed by atoms with Crippen LogP contribution in [0.1, 0.15) is 5.56 Å². The van der Waals surface area contributed by atoms with Gasteiger partial charge in [0.05, 0.1) is 19.4 Å². The molecule has 5 nitrogen and oxygen atoms in total. The molecular formula is C12H12N2O3. The van der Waals surface area contributed by atoms with Gasteiger partial charge in [-0.25, -0.2) is 5.10 Å². The van der Waals surface area contributed by atoms with Gasteiger partial charge >= 0.3 is 0 Å². The molecule has 0 aliphatic rings. The number of benzene rings is 1. The molecule has 2 rings (SSSR count). The lowest BCUT2D eigenvalue weighted by Crippen LogP contribution is -2.14. The van der Waals surface area contributed by atoms with Crippen molar-refractivity contribution in [1.82, 2.24) is 10.2 Å². The highest BCUT2D eigenvalue weighted by molar-refractivity contribution is 5.66. The van der Waals surface area contributed by atoms with E-state index in [1.165, 1.54) is 0 Å². The third kappa shape index (κ3) is 2.19. The molecule has 0 spiro atoms. The Labute approximate surface area is 97.7 Å². The second-order valence-electron chi connectivity index (χ2n) is 3.47. The first-order chi connectivity index (χ1) is 8.26. The number of hydrogen-bond acceptors (Lipinski definition) is 4. The minimum atomic E-state index is -0.383. The van der Waals surface area contributed by atoms with E-state index >= 15 is 0 Å². The van der Waals surface area contributed by atoms with Crippen molar-refractivity contribution in [3.8, 4) is 17.0 Å². The zero-order chi connectivity index (χ0) is 12.3. The molecule has 0 unspecified atom stereocenters. The van der Waals surface area contributed by atoms with Crippen LogP contribution in [-0.2, 0) is 6.61 Å². The fourth-order valence-corrected chi connectivity index (χ4v) is 1.56. The topological polar surface area (TPSA) is 75.2 Å². The van der Waals surface area contributed by atoms with Gasteiger partial charge in [0.2, 0.25) is 0 Å². The lowest BCUT2D eigenvalue weighted by atomic mass is 10.1. The quantitative estimate of drug-likeness (QED) is 0.825. The molecular weight excluding hydrogens is 220 g/mol. The van der Waals surface area contributed by atoms with E-state index in [4.69, 9.17) is 9.84 Å². The number of nitrogens with one attached hydrogen (secondary N) is 1. The summed E-state index contributed by atoms with van der Waals surface area (Å²) in [5.41, 5.74) is 1.22. The van der Waals surface area contributed by atoms with Gasteiger partial charge in [0, 0.05) is 11.1 Å². The first kappa shape index (κ1) is 11.3. The fraction of sp³-hybridized carbons (Fsp3) is 0.167. The van der Waals surface area contributed by atoms with Crippen molar-refractivity contribution in [2.75, 3.05) is 7.11 Å². The summed E-state index contributed by atoms with van der Waals surface area (Å²) in [6.45, 7) is -0.319. The number of para-hydroxylation sites is 1. The maximum atomic E-state index is 11.3. The molecule has 1 aromatic heterocycles. The van der Waals surface area contributed by atoms with Crippen LogP contribution in [-0.4, -0.2) is 22.4 Å². The number of H-pyrrole nitrogens is 1. The Bertz CT molecular complexity index is 578. The highest BCUT2D eigenvalue weighted by Crippen LogP contribution is 2.27. The zero-order valence-electron chi connectivity index (χ0n) is 9.30. The summed E-state index contributed by atoms with van der Waals surface area (Å²) in [6, 6.07) is 8.89. The predicted molar refractivity (Wildman–Crippen MR) is 62.8 cm³/mol. The van der Waals surface area contributed by atoms with Crippen LogP contribution in [0.3, 0.4) is 0 Å². The molecule has 0 bridgehead atoms. The maximum Gasteiger partial charge on any atom is 0.269 e. The number of aliphatic hydroxyl groups excluding tert-OH is 1. The third-order valence-corrected chi connectivity index (χ3v) is 2.43. The van der Waals surface area contributed by atoms with Crippen LogP contribution in [0, 0.1) is 0 Å². The molecule has 1 aromatic carbocycles. The average molecular weight is 232 g/mol. The smallest absolute Gasteiger partial charge is 0.269 e. The Balaban J connectivity index is 2.56. The first-order valence-electron chi connectivity index (χ1n) is 5.09. The standard InChI is InChI=1S/C12H12N2O3/c1-17-11-5-3-2-4-9(11)10-6-8(7-15)12(16)14-13-10/h2-6,15H,7H2,1H3,(H,14,16). The van der Waals surface area contributed by atoms with Gasteiger partial charge in [-0.15, -0.1) is 0 Å². The van der Waals surface area contributed by atoms with E-state index in [0.717, 1.165) is 5.56 Å². The molecule has 0 saturated carbocycles. The van der Waals surface area contributed by atoms with E-state index in [0.29, 0.717) is 11.4 Å². The zero-order valence-corrected chi connectivity index (χ0v) is 9.30. The monoisotopic (exact) mass is 232 g/mol. The van der Waals surface area contributed by atoms with E-state index in [9.17, 15) is 4.79 Å². The average Bonchev–Trinajstić information content (AvgIpc) is 2.39. The second kappa shape index (κ2) is 4.80. The molecule has 0 amide bonds. The normalized spacial score (nSPS) is 10.2. The Hall–Kier alpha value is -2.14. The van der Waals surface area contributed by atoms with Gasteiger partial charge in [0.25, 0.3) is 5.56 Å². The summed E-state index contributed by atoms with van der Waals surface area (Å²) in [5.74, 6) is 0.663. The van der Waals surface area contributed by atoms with Crippen molar-refractivity contribution in [3.63, 3.8) is 0 Å². The summed E-state index contributed by atoms with van der Waals surface area (Å²) < 4.78 is 5.21. The molecule has 2 N–H and O–H groups in total. The van der Waals surface area contributed by atoms with E-state index < -0.39 is 0 Å². The van der Waals surface area contributed by atoms with Crippen LogP contribution in [0.2, 0.25) is 0 Å². The Morgan fingerprint density at radius 1 is 1.41 bits per heavy atom. The minimum Gasteiger partial charge on any atom is -0.496 e. The molecule has 0 saturated heterocycles. The number of hydrogen-bond donors (Lipinski definition) is 2. The highest BCUT2D eigenvalue weighted by atomic mass is 16.5. The maximum absolute atomic E-state index is 11.3. The van der Waals surface area contributed by atoms with Crippen molar-refractivity contribution in [3.05, 3.63) is 46.2 Å². The van der Waals surface area contributed by atoms with Crippen molar-refractivity contribution < 1.29 is 9.84 Å². The Morgan fingerprint density at radius 3 is 2.88 bits per heavy atom. The van der Waals surface area contributed by atoms with E-state index in [1.54, 1.807) is 19.2 Å². The number of ether oxygens (including phenoxy) is 1.